The Bertz CT molecular complexity index is 800. The Morgan fingerprint density at radius 2 is 1.68 bits per heavy atom. The van der Waals surface area contributed by atoms with Gasteiger partial charge in [-0.2, -0.15) is 0 Å². The quantitative estimate of drug-likeness (QED) is 0.595. The largest absolute Gasteiger partial charge is 0.466 e. The maximum atomic E-state index is 13.3. The number of rotatable bonds is 4. The Balaban J connectivity index is 1.57. The average molecular weight is 431 g/mol. The maximum absolute atomic E-state index is 13.3. The van der Waals surface area contributed by atoms with Gasteiger partial charge in [0, 0.05) is 19.8 Å². The summed E-state index contributed by atoms with van der Waals surface area (Å²) in [5, 5.41) is 0. The number of fused-ring (bicyclic) bond motifs is 5. The third-order valence-corrected chi connectivity index (χ3v) is 9.50. The second-order valence-corrected chi connectivity index (χ2v) is 11.2. The van der Waals surface area contributed by atoms with Gasteiger partial charge in [-0.05, 0) is 85.5 Å². The summed E-state index contributed by atoms with van der Waals surface area (Å²) in [6.07, 6.45) is 8.88. The molecule has 4 rings (SSSR count). The topological polar surface area (TPSA) is 69.7 Å². The SMILES string of the molecule is CC(=O)OC[C@@H](C)[C@H]1CC[C@@H]2C3=CC(=O)[C@@H]4C[C@@H](OC(C)=O)CC[C@]4(C)[C@H]3CC[C@@]21C. The van der Waals surface area contributed by atoms with Crippen LogP contribution in [0.25, 0.3) is 0 Å². The minimum Gasteiger partial charge on any atom is -0.466 e. The molecule has 0 bridgehead atoms. The van der Waals surface area contributed by atoms with E-state index < -0.39 is 0 Å². The van der Waals surface area contributed by atoms with Crippen LogP contribution in [0, 0.1) is 40.4 Å². The van der Waals surface area contributed by atoms with Gasteiger partial charge in [0.2, 0.25) is 0 Å². The number of ketones is 1. The maximum Gasteiger partial charge on any atom is 0.302 e. The molecule has 8 atom stereocenters. The van der Waals surface area contributed by atoms with Crippen LogP contribution in [0.15, 0.2) is 11.6 Å². The van der Waals surface area contributed by atoms with Gasteiger partial charge in [0.15, 0.2) is 5.78 Å². The summed E-state index contributed by atoms with van der Waals surface area (Å²) in [5.41, 5.74) is 1.53. The van der Waals surface area contributed by atoms with E-state index in [1.165, 1.54) is 25.8 Å². The van der Waals surface area contributed by atoms with Crippen molar-refractivity contribution in [1.29, 1.82) is 0 Å². The highest BCUT2D eigenvalue weighted by Gasteiger charge is 2.60. The van der Waals surface area contributed by atoms with E-state index in [4.69, 9.17) is 9.47 Å². The van der Waals surface area contributed by atoms with Crippen molar-refractivity contribution in [3.63, 3.8) is 0 Å². The zero-order valence-electron chi connectivity index (χ0n) is 19.7. The fourth-order valence-electron chi connectivity index (χ4n) is 8.01. The number of hydrogen-bond acceptors (Lipinski definition) is 5. The molecule has 5 nitrogen and oxygen atoms in total. The smallest absolute Gasteiger partial charge is 0.302 e. The summed E-state index contributed by atoms with van der Waals surface area (Å²) >= 11 is 0. The van der Waals surface area contributed by atoms with Gasteiger partial charge in [0.1, 0.15) is 6.10 Å². The predicted octanol–water partition coefficient (Wildman–Crippen LogP) is 4.88. The van der Waals surface area contributed by atoms with Crippen LogP contribution in [-0.2, 0) is 23.9 Å². The van der Waals surface area contributed by atoms with Crippen molar-refractivity contribution >= 4 is 17.7 Å². The van der Waals surface area contributed by atoms with Crippen molar-refractivity contribution in [2.24, 2.45) is 40.4 Å². The van der Waals surface area contributed by atoms with E-state index in [2.05, 4.69) is 20.8 Å². The third kappa shape index (κ3) is 3.76. The molecule has 172 valence electrons. The van der Waals surface area contributed by atoms with Crippen molar-refractivity contribution in [3.8, 4) is 0 Å². The molecule has 0 heterocycles. The zero-order chi connectivity index (χ0) is 22.6. The molecule has 4 aliphatic carbocycles. The van der Waals surface area contributed by atoms with Crippen LogP contribution in [0.5, 0.6) is 0 Å². The van der Waals surface area contributed by atoms with E-state index in [0.29, 0.717) is 36.7 Å². The predicted molar refractivity (Wildman–Crippen MR) is 117 cm³/mol. The van der Waals surface area contributed by atoms with Crippen molar-refractivity contribution in [3.05, 3.63) is 11.6 Å². The van der Waals surface area contributed by atoms with Crippen LogP contribution >= 0.6 is 0 Å². The van der Waals surface area contributed by atoms with Crippen LogP contribution in [0.2, 0.25) is 0 Å². The molecule has 3 saturated carbocycles. The first-order chi connectivity index (χ1) is 14.6. The van der Waals surface area contributed by atoms with E-state index in [0.717, 1.165) is 32.1 Å². The van der Waals surface area contributed by atoms with Crippen LogP contribution < -0.4 is 0 Å². The third-order valence-electron chi connectivity index (χ3n) is 9.50. The zero-order valence-corrected chi connectivity index (χ0v) is 19.7. The Hall–Kier alpha value is -1.65. The molecule has 3 fully saturated rings. The number of esters is 2. The molecule has 31 heavy (non-hydrogen) atoms. The van der Waals surface area contributed by atoms with E-state index in [-0.39, 0.29) is 40.6 Å². The molecule has 0 spiro atoms. The fourth-order valence-corrected chi connectivity index (χ4v) is 8.01. The Kier molecular flexibility index (Phi) is 5.85. The molecule has 0 amide bonds. The van der Waals surface area contributed by atoms with Gasteiger partial charge in [0.25, 0.3) is 0 Å². The summed E-state index contributed by atoms with van der Waals surface area (Å²) in [6.45, 7) is 10.4. The summed E-state index contributed by atoms with van der Waals surface area (Å²) < 4.78 is 10.8. The van der Waals surface area contributed by atoms with Crippen molar-refractivity contribution in [2.75, 3.05) is 6.61 Å². The normalized spacial score (nSPS) is 42.5. The highest BCUT2D eigenvalue weighted by Crippen LogP contribution is 2.66. The Morgan fingerprint density at radius 3 is 2.35 bits per heavy atom. The second kappa shape index (κ2) is 8.04. The number of carbonyl (C=O) groups excluding carboxylic acids is 3. The molecule has 0 aliphatic heterocycles. The second-order valence-electron chi connectivity index (χ2n) is 11.2. The number of carbonyl (C=O) groups is 3. The van der Waals surface area contributed by atoms with Gasteiger partial charge >= 0.3 is 11.9 Å². The summed E-state index contributed by atoms with van der Waals surface area (Å²) in [4.78, 5) is 36.1. The standard InChI is InChI=1S/C26H38O5/c1-15(14-30-16(2)27)20-6-7-21-19-13-24(29)23-12-18(31-17(3)28)8-10-26(23,5)22(19)9-11-25(20,21)4/h13,15,18,20-23H,6-12,14H2,1-5H3/t15-,18+,20-,21-,22+,23+,25-,26-/m1/s1. The molecule has 5 heteroatoms. The molecule has 4 aliphatic rings. The lowest BCUT2D eigenvalue weighted by molar-refractivity contribution is -0.155. The number of hydrogen-bond donors (Lipinski definition) is 0. The lowest BCUT2D eigenvalue weighted by Crippen LogP contribution is -2.53. The van der Waals surface area contributed by atoms with E-state index in [1.807, 2.05) is 6.08 Å². The van der Waals surface area contributed by atoms with E-state index >= 15 is 0 Å². The van der Waals surface area contributed by atoms with Gasteiger partial charge in [-0.1, -0.05) is 26.3 Å². The van der Waals surface area contributed by atoms with Gasteiger partial charge in [-0.15, -0.1) is 0 Å². The van der Waals surface area contributed by atoms with Gasteiger partial charge in [-0.3, -0.25) is 14.4 Å². The monoisotopic (exact) mass is 430 g/mol. The van der Waals surface area contributed by atoms with Crippen LogP contribution in [-0.4, -0.2) is 30.4 Å². The molecule has 0 N–H and O–H groups in total. The van der Waals surface area contributed by atoms with Crippen molar-refractivity contribution in [1.82, 2.24) is 0 Å². The molecular formula is C26H38O5. The Labute approximate surface area is 186 Å². The van der Waals surface area contributed by atoms with Crippen LogP contribution in [0.3, 0.4) is 0 Å². The average Bonchev–Trinajstić information content (AvgIpc) is 3.04. The molecule has 0 saturated heterocycles. The molecule has 0 aromatic carbocycles. The highest BCUT2D eigenvalue weighted by molar-refractivity contribution is 5.94. The first-order valence-electron chi connectivity index (χ1n) is 12.1. The first kappa shape index (κ1) is 22.5. The van der Waals surface area contributed by atoms with Gasteiger partial charge in [-0.25, -0.2) is 0 Å². The van der Waals surface area contributed by atoms with Gasteiger partial charge < -0.3 is 9.47 Å². The minimum atomic E-state index is -0.249. The van der Waals surface area contributed by atoms with Crippen LogP contribution in [0.1, 0.15) is 79.6 Å². The molecule has 0 unspecified atom stereocenters. The van der Waals surface area contributed by atoms with Crippen LogP contribution in [0.4, 0.5) is 0 Å². The molecule has 0 radical (unpaired) electrons. The first-order valence-corrected chi connectivity index (χ1v) is 12.1. The lowest BCUT2D eigenvalue weighted by Gasteiger charge is -2.57. The summed E-state index contributed by atoms with van der Waals surface area (Å²) in [7, 11) is 0. The number of allylic oxidation sites excluding steroid dienone is 2. The van der Waals surface area contributed by atoms with Gasteiger partial charge in [0.05, 0.1) is 6.61 Å². The molecular weight excluding hydrogens is 392 g/mol. The number of ether oxygens (including phenoxy) is 2. The summed E-state index contributed by atoms with van der Waals surface area (Å²) in [5.74, 6) is 1.49. The molecule has 0 aromatic rings. The fraction of sp³-hybridized carbons (Fsp3) is 0.808. The molecule has 0 aromatic heterocycles. The van der Waals surface area contributed by atoms with Crippen molar-refractivity contribution in [2.45, 2.75) is 85.7 Å². The highest BCUT2D eigenvalue weighted by atomic mass is 16.5. The van der Waals surface area contributed by atoms with E-state index in [9.17, 15) is 14.4 Å². The van der Waals surface area contributed by atoms with Crippen molar-refractivity contribution < 1.29 is 23.9 Å². The minimum absolute atomic E-state index is 0.0272. The summed E-state index contributed by atoms with van der Waals surface area (Å²) in [6, 6.07) is 0. The Morgan fingerprint density at radius 1 is 1.00 bits per heavy atom. The lowest BCUT2D eigenvalue weighted by atomic mass is 9.47. The van der Waals surface area contributed by atoms with E-state index in [1.54, 1.807) is 0 Å².